The predicted octanol–water partition coefficient (Wildman–Crippen LogP) is 4.19. The summed E-state index contributed by atoms with van der Waals surface area (Å²) in [5.74, 6) is 0.609. The first-order valence-corrected chi connectivity index (χ1v) is 7.32. The predicted molar refractivity (Wildman–Crippen MR) is 76.4 cm³/mol. The molecule has 0 spiro atoms. The van der Waals surface area contributed by atoms with Gasteiger partial charge in [0, 0.05) is 0 Å². The topological polar surface area (TPSA) is 20.2 Å². The van der Waals surface area contributed by atoms with Crippen LogP contribution in [0, 0.1) is 23.1 Å². The van der Waals surface area contributed by atoms with Gasteiger partial charge in [-0.25, -0.2) is 4.39 Å². The second kappa shape index (κ2) is 5.62. The average Bonchev–Trinajstić information content (AvgIpc) is 2.27. The molecule has 1 fully saturated rings. The zero-order valence-corrected chi connectivity index (χ0v) is 12.2. The van der Waals surface area contributed by atoms with Crippen LogP contribution in [0.4, 0.5) is 4.39 Å². The highest BCUT2D eigenvalue weighted by atomic mass is 19.1. The van der Waals surface area contributed by atoms with Gasteiger partial charge in [-0.1, -0.05) is 45.7 Å². The zero-order valence-electron chi connectivity index (χ0n) is 12.2. The van der Waals surface area contributed by atoms with E-state index in [0.717, 1.165) is 5.56 Å². The quantitative estimate of drug-likeness (QED) is 0.868. The van der Waals surface area contributed by atoms with Crippen molar-refractivity contribution < 1.29 is 9.50 Å². The molecule has 1 saturated carbocycles. The van der Waals surface area contributed by atoms with Gasteiger partial charge >= 0.3 is 0 Å². The van der Waals surface area contributed by atoms with E-state index >= 15 is 0 Å². The zero-order chi connectivity index (χ0) is 14.0. The summed E-state index contributed by atoms with van der Waals surface area (Å²) in [6.45, 7) is 6.74. The van der Waals surface area contributed by atoms with Crippen LogP contribution in [0.3, 0.4) is 0 Å². The third-order valence-electron chi connectivity index (χ3n) is 4.74. The van der Waals surface area contributed by atoms with Gasteiger partial charge in [0.1, 0.15) is 5.82 Å². The molecule has 1 aliphatic rings. The Morgan fingerprint density at radius 3 is 2.79 bits per heavy atom. The summed E-state index contributed by atoms with van der Waals surface area (Å²) in [5, 5.41) is 10.6. The maximum atomic E-state index is 13.2. The minimum absolute atomic E-state index is 0.171. The first-order chi connectivity index (χ1) is 8.90. The molecule has 3 atom stereocenters. The minimum atomic E-state index is -0.382. The highest BCUT2D eigenvalue weighted by Crippen LogP contribution is 2.46. The Balaban J connectivity index is 2.11. The number of benzene rings is 1. The standard InChI is InChI=1S/C17H25FO/c1-12-6-5-9-17(2,3)16(12)15(19)11-13-7-4-8-14(18)10-13/h4,7-8,10,12,15-16,19H,5-6,9,11H2,1-3H3/t12-,15+,16-/m0/s1. The Kier molecular flexibility index (Phi) is 4.29. The van der Waals surface area contributed by atoms with Crippen LogP contribution in [-0.4, -0.2) is 11.2 Å². The summed E-state index contributed by atoms with van der Waals surface area (Å²) < 4.78 is 13.2. The number of hydrogen-bond donors (Lipinski definition) is 1. The van der Waals surface area contributed by atoms with Gasteiger partial charge in [0.2, 0.25) is 0 Å². The Labute approximate surface area is 115 Å². The van der Waals surface area contributed by atoms with E-state index in [9.17, 15) is 9.50 Å². The molecule has 0 saturated heterocycles. The lowest BCUT2D eigenvalue weighted by molar-refractivity contribution is -0.0269. The van der Waals surface area contributed by atoms with Gasteiger partial charge in [0.25, 0.3) is 0 Å². The van der Waals surface area contributed by atoms with Crippen molar-refractivity contribution in [3.63, 3.8) is 0 Å². The summed E-state index contributed by atoms with van der Waals surface area (Å²) in [7, 11) is 0. The maximum Gasteiger partial charge on any atom is 0.123 e. The van der Waals surface area contributed by atoms with E-state index in [1.165, 1.54) is 31.4 Å². The third kappa shape index (κ3) is 3.36. The van der Waals surface area contributed by atoms with E-state index in [4.69, 9.17) is 0 Å². The summed E-state index contributed by atoms with van der Waals surface area (Å²) >= 11 is 0. The molecule has 0 unspecified atom stereocenters. The van der Waals surface area contributed by atoms with Crippen LogP contribution < -0.4 is 0 Å². The van der Waals surface area contributed by atoms with Gasteiger partial charge in [-0.3, -0.25) is 0 Å². The molecule has 0 bridgehead atoms. The number of aliphatic hydroxyl groups excluding tert-OH is 1. The van der Waals surface area contributed by atoms with Gasteiger partial charge in [-0.05, 0) is 47.8 Å². The molecule has 19 heavy (non-hydrogen) atoms. The fourth-order valence-electron chi connectivity index (χ4n) is 3.93. The number of halogens is 1. The van der Waals surface area contributed by atoms with Crippen LogP contribution >= 0.6 is 0 Å². The highest BCUT2D eigenvalue weighted by molar-refractivity contribution is 5.17. The van der Waals surface area contributed by atoms with E-state index in [1.807, 2.05) is 6.07 Å². The van der Waals surface area contributed by atoms with Crippen molar-refractivity contribution in [1.29, 1.82) is 0 Å². The molecule has 0 aliphatic heterocycles. The van der Waals surface area contributed by atoms with Gasteiger partial charge in [0.15, 0.2) is 0 Å². The number of hydrogen-bond acceptors (Lipinski definition) is 1. The average molecular weight is 264 g/mol. The fraction of sp³-hybridized carbons (Fsp3) is 0.647. The molecule has 106 valence electrons. The maximum absolute atomic E-state index is 13.2. The van der Waals surface area contributed by atoms with Crippen molar-refractivity contribution in [2.45, 2.75) is 52.6 Å². The van der Waals surface area contributed by atoms with Crippen LogP contribution in [0.25, 0.3) is 0 Å². The smallest absolute Gasteiger partial charge is 0.123 e. The van der Waals surface area contributed by atoms with E-state index in [1.54, 1.807) is 6.07 Å². The Hall–Kier alpha value is -0.890. The third-order valence-corrected chi connectivity index (χ3v) is 4.74. The summed E-state index contributed by atoms with van der Waals surface area (Å²) in [6.07, 6.45) is 3.77. The van der Waals surface area contributed by atoms with Crippen molar-refractivity contribution in [2.75, 3.05) is 0 Å². The Morgan fingerprint density at radius 1 is 1.42 bits per heavy atom. The molecule has 1 aromatic rings. The first-order valence-electron chi connectivity index (χ1n) is 7.32. The molecular weight excluding hydrogens is 239 g/mol. The van der Waals surface area contributed by atoms with Crippen molar-refractivity contribution in [2.24, 2.45) is 17.3 Å². The largest absolute Gasteiger partial charge is 0.392 e. The van der Waals surface area contributed by atoms with Crippen molar-refractivity contribution in [1.82, 2.24) is 0 Å². The van der Waals surface area contributed by atoms with E-state index < -0.39 is 0 Å². The van der Waals surface area contributed by atoms with E-state index in [0.29, 0.717) is 18.3 Å². The van der Waals surface area contributed by atoms with Gasteiger partial charge in [-0.2, -0.15) is 0 Å². The Morgan fingerprint density at radius 2 is 2.16 bits per heavy atom. The van der Waals surface area contributed by atoms with Gasteiger partial charge < -0.3 is 5.11 Å². The minimum Gasteiger partial charge on any atom is -0.392 e. The molecule has 1 nitrogen and oxygen atoms in total. The molecule has 2 rings (SSSR count). The second-order valence-corrected chi connectivity index (χ2v) is 6.79. The van der Waals surface area contributed by atoms with Crippen LogP contribution in [0.2, 0.25) is 0 Å². The lowest BCUT2D eigenvalue weighted by Crippen LogP contribution is -2.42. The lowest BCUT2D eigenvalue weighted by atomic mass is 9.61. The molecule has 0 amide bonds. The van der Waals surface area contributed by atoms with Crippen molar-refractivity contribution in [3.8, 4) is 0 Å². The second-order valence-electron chi connectivity index (χ2n) is 6.79. The molecule has 1 aromatic carbocycles. The van der Waals surface area contributed by atoms with E-state index in [2.05, 4.69) is 20.8 Å². The first kappa shape index (κ1) is 14.5. The SMILES string of the molecule is C[C@H]1CCCC(C)(C)[C@@H]1[C@H](O)Cc1cccc(F)c1. The molecule has 2 heteroatoms. The Bertz CT molecular complexity index is 427. The van der Waals surface area contributed by atoms with Crippen LogP contribution in [-0.2, 0) is 6.42 Å². The van der Waals surface area contributed by atoms with Crippen LogP contribution in [0.15, 0.2) is 24.3 Å². The van der Waals surface area contributed by atoms with E-state index in [-0.39, 0.29) is 17.3 Å². The fourth-order valence-corrected chi connectivity index (χ4v) is 3.93. The molecule has 0 aromatic heterocycles. The van der Waals surface area contributed by atoms with Crippen molar-refractivity contribution in [3.05, 3.63) is 35.6 Å². The number of rotatable bonds is 3. The normalized spacial score (nSPS) is 28.1. The lowest BCUT2D eigenvalue weighted by Gasteiger charge is -2.45. The van der Waals surface area contributed by atoms with Gasteiger partial charge in [0.05, 0.1) is 6.10 Å². The van der Waals surface area contributed by atoms with Crippen LogP contribution in [0.5, 0.6) is 0 Å². The molecule has 0 radical (unpaired) electrons. The molecular formula is C17H25FO. The monoisotopic (exact) mass is 264 g/mol. The summed E-state index contributed by atoms with van der Waals surface area (Å²) in [6, 6.07) is 6.59. The highest BCUT2D eigenvalue weighted by Gasteiger charge is 2.40. The molecule has 1 N–H and O–H groups in total. The number of aliphatic hydroxyl groups is 1. The van der Waals surface area contributed by atoms with Crippen LogP contribution in [0.1, 0.15) is 45.6 Å². The summed E-state index contributed by atoms with van der Waals surface area (Å²) in [5.41, 5.74) is 1.06. The summed E-state index contributed by atoms with van der Waals surface area (Å²) in [4.78, 5) is 0. The molecule has 1 aliphatic carbocycles. The van der Waals surface area contributed by atoms with Crippen molar-refractivity contribution >= 4 is 0 Å². The van der Waals surface area contributed by atoms with Gasteiger partial charge in [-0.15, -0.1) is 0 Å². The molecule has 0 heterocycles.